The summed E-state index contributed by atoms with van der Waals surface area (Å²) in [6.45, 7) is 0. The van der Waals surface area contributed by atoms with E-state index < -0.39 is 0 Å². The summed E-state index contributed by atoms with van der Waals surface area (Å²) < 4.78 is 6.11. The first-order valence-corrected chi connectivity index (χ1v) is 22.4. The number of nitriles is 1. The van der Waals surface area contributed by atoms with E-state index in [2.05, 4.69) is 91.0 Å². The van der Waals surface area contributed by atoms with Crippen molar-refractivity contribution >= 4 is 21.9 Å². The summed E-state index contributed by atoms with van der Waals surface area (Å²) in [5.41, 5.74) is 11.0. The Labute approximate surface area is 345 Å². The normalized spacial score (nSPS) is 30.0. The van der Waals surface area contributed by atoms with Crippen LogP contribution in [0.1, 0.15) is 93.7 Å². The van der Waals surface area contributed by atoms with Crippen molar-refractivity contribution in [3.05, 3.63) is 126 Å². The molecule has 5 aromatic carbocycles. The van der Waals surface area contributed by atoms with E-state index >= 15 is 0 Å². The molecule has 0 saturated heterocycles. The van der Waals surface area contributed by atoms with Gasteiger partial charge < -0.3 is 4.42 Å². The van der Waals surface area contributed by atoms with Gasteiger partial charge in [-0.3, -0.25) is 0 Å². The molecule has 0 atom stereocenters. The van der Waals surface area contributed by atoms with Crippen LogP contribution in [0.15, 0.2) is 114 Å². The lowest BCUT2D eigenvalue weighted by Crippen LogP contribution is -2.48. The van der Waals surface area contributed by atoms with Crippen molar-refractivity contribution in [2.45, 2.75) is 87.9 Å². The molecule has 0 N–H and O–H groups in total. The Morgan fingerprint density at radius 2 is 0.864 bits per heavy atom. The lowest BCUT2D eigenvalue weighted by atomic mass is 9.48. The van der Waals surface area contributed by atoms with E-state index in [-0.39, 0.29) is 0 Å². The van der Waals surface area contributed by atoms with Gasteiger partial charge in [0.2, 0.25) is 0 Å². The van der Waals surface area contributed by atoms with Crippen molar-refractivity contribution in [3.8, 4) is 51.4 Å². The molecule has 8 aliphatic rings. The van der Waals surface area contributed by atoms with Crippen LogP contribution in [0.3, 0.4) is 0 Å². The van der Waals surface area contributed by atoms with Crippen molar-refractivity contribution in [2.24, 2.45) is 35.5 Å². The SMILES string of the molecule is N#Cc1cccc2c1oc1ccc(-c3ccc(-c4nc(-c5ccc(C67CC8C[C@H](C6)C[C@@H](C8)C7)cc5)nc(-c5ccc(C67C[C@H]8C[C@@H](C6)C[C@@H](C7)C8)cc5)n4)cc3)cc12. The van der Waals surface area contributed by atoms with Crippen LogP contribution in [0.25, 0.3) is 67.2 Å². The predicted molar refractivity (Wildman–Crippen MR) is 233 cm³/mol. The Morgan fingerprint density at radius 1 is 0.458 bits per heavy atom. The third-order valence-corrected chi connectivity index (χ3v) is 16.3. The Morgan fingerprint density at radius 3 is 1.31 bits per heavy atom. The van der Waals surface area contributed by atoms with Gasteiger partial charge in [-0.25, -0.2) is 15.0 Å². The Hall–Kier alpha value is -5.60. The maximum atomic E-state index is 9.65. The number of benzene rings is 5. The van der Waals surface area contributed by atoms with E-state index in [1.165, 1.54) is 88.2 Å². The summed E-state index contributed by atoms with van der Waals surface area (Å²) in [6.07, 6.45) is 16.9. The van der Waals surface area contributed by atoms with Crippen molar-refractivity contribution < 1.29 is 4.42 Å². The van der Waals surface area contributed by atoms with Crippen LogP contribution >= 0.6 is 0 Å². The molecule has 2 heterocycles. The first kappa shape index (κ1) is 34.3. The van der Waals surface area contributed by atoms with Gasteiger partial charge in [0.1, 0.15) is 11.7 Å². The molecule has 0 aliphatic heterocycles. The molecule has 8 fully saturated rings. The number of para-hydroxylation sites is 1. The summed E-state index contributed by atoms with van der Waals surface area (Å²) >= 11 is 0. The Bertz CT molecular complexity index is 2670. The molecule has 8 saturated carbocycles. The summed E-state index contributed by atoms with van der Waals surface area (Å²) in [5.74, 6) is 7.65. The van der Waals surface area contributed by atoms with Crippen molar-refractivity contribution in [1.29, 1.82) is 5.26 Å². The van der Waals surface area contributed by atoms with Crippen LogP contribution in [-0.2, 0) is 10.8 Å². The van der Waals surface area contributed by atoms with Crippen LogP contribution < -0.4 is 0 Å². The van der Waals surface area contributed by atoms with E-state index in [0.29, 0.717) is 27.8 Å². The highest BCUT2D eigenvalue weighted by Crippen LogP contribution is 2.62. The number of hydrogen-bond donors (Lipinski definition) is 0. The molecule has 59 heavy (non-hydrogen) atoms. The Kier molecular flexibility index (Phi) is 7.38. The highest BCUT2D eigenvalue weighted by atomic mass is 16.3. The molecule has 5 nitrogen and oxygen atoms in total. The second-order valence-electron chi connectivity index (χ2n) is 20.0. The van der Waals surface area contributed by atoms with Gasteiger partial charge in [-0.15, -0.1) is 0 Å². The largest absolute Gasteiger partial charge is 0.455 e. The number of hydrogen-bond acceptors (Lipinski definition) is 5. The van der Waals surface area contributed by atoms with Gasteiger partial charge in [0, 0.05) is 27.5 Å². The summed E-state index contributed by atoms with van der Waals surface area (Å²) in [5, 5.41) is 11.6. The van der Waals surface area contributed by atoms with E-state index in [1.807, 2.05) is 18.2 Å². The van der Waals surface area contributed by atoms with Crippen molar-refractivity contribution in [3.63, 3.8) is 0 Å². The van der Waals surface area contributed by atoms with Crippen LogP contribution in [0, 0.1) is 46.8 Å². The third kappa shape index (κ3) is 5.51. The van der Waals surface area contributed by atoms with Crippen molar-refractivity contribution in [1.82, 2.24) is 15.0 Å². The number of aromatic nitrogens is 3. The fourth-order valence-electron chi connectivity index (χ4n) is 14.5. The quantitative estimate of drug-likeness (QED) is 0.168. The standard InChI is InChI=1S/C54H48N4O/c55-31-43-2-1-3-46-47-24-42(12-17-48(47)59-49(43)46)38-4-6-39(7-5-38)50-56-51(40-8-13-44(14-9-40)53-25-32-18-33(26-53)20-34(19-32)27-53)58-52(57-50)41-10-15-45(16-11-41)54-28-35-21-36(29-54)23-37(22-35)30-54/h1-17,24,32-37H,18-23,25-30H2/t32-,33+,34-,35-,36+,37?,53?,54?. The van der Waals surface area contributed by atoms with Crippen LogP contribution in [0.4, 0.5) is 0 Å². The molecule has 5 heteroatoms. The molecular formula is C54H48N4O. The fourth-order valence-corrected chi connectivity index (χ4v) is 14.5. The zero-order valence-corrected chi connectivity index (χ0v) is 33.5. The van der Waals surface area contributed by atoms with Crippen LogP contribution in [-0.4, -0.2) is 15.0 Å². The lowest BCUT2D eigenvalue weighted by Gasteiger charge is -2.57. The van der Waals surface area contributed by atoms with Gasteiger partial charge in [-0.2, -0.15) is 5.26 Å². The minimum atomic E-state index is 0.359. The summed E-state index contributed by atoms with van der Waals surface area (Å²) in [6, 6.07) is 41.6. The molecule has 2 aromatic heterocycles. The minimum Gasteiger partial charge on any atom is -0.455 e. The molecule has 0 radical (unpaired) electrons. The average Bonchev–Trinajstić information content (AvgIpc) is 3.64. The first-order chi connectivity index (χ1) is 28.9. The van der Waals surface area contributed by atoms with E-state index in [9.17, 15) is 5.26 Å². The molecule has 15 rings (SSSR count). The molecular weight excluding hydrogens is 721 g/mol. The lowest BCUT2D eigenvalue weighted by molar-refractivity contribution is -0.00530. The van der Waals surface area contributed by atoms with Gasteiger partial charge in [-0.1, -0.05) is 91.0 Å². The molecule has 8 bridgehead atoms. The third-order valence-electron chi connectivity index (χ3n) is 16.3. The second-order valence-corrected chi connectivity index (χ2v) is 20.0. The van der Waals surface area contributed by atoms with Gasteiger partial charge in [0.15, 0.2) is 23.1 Å². The highest BCUT2D eigenvalue weighted by Gasteiger charge is 2.52. The van der Waals surface area contributed by atoms with Gasteiger partial charge >= 0.3 is 0 Å². The average molecular weight is 769 g/mol. The molecule has 8 aliphatic carbocycles. The number of nitrogens with zero attached hydrogens (tertiary/aromatic N) is 4. The maximum absolute atomic E-state index is 9.65. The minimum absolute atomic E-state index is 0.359. The zero-order valence-electron chi connectivity index (χ0n) is 33.5. The summed E-state index contributed by atoms with van der Waals surface area (Å²) in [4.78, 5) is 15.6. The predicted octanol–water partition coefficient (Wildman–Crippen LogP) is 13.2. The molecule has 290 valence electrons. The smallest absolute Gasteiger partial charge is 0.164 e. The fraction of sp³-hybridized carbons (Fsp3) is 0.370. The van der Waals surface area contributed by atoms with Gasteiger partial charge in [0.05, 0.1) is 5.56 Å². The molecule has 0 amide bonds. The Balaban J connectivity index is 0.861. The molecule has 7 aromatic rings. The van der Waals surface area contributed by atoms with Gasteiger partial charge in [-0.05, 0) is 164 Å². The van der Waals surface area contributed by atoms with Crippen molar-refractivity contribution in [2.75, 3.05) is 0 Å². The molecule has 0 spiro atoms. The zero-order chi connectivity index (χ0) is 38.9. The highest BCUT2D eigenvalue weighted by molar-refractivity contribution is 6.07. The van der Waals surface area contributed by atoms with E-state index in [4.69, 9.17) is 19.4 Å². The first-order valence-electron chi connectivity index (χ1n) is 22.4. The van der Waals surface area contributed by atoms with Crippen LogP contribution in [0.5, 0.6) is 0 Å². The second kappa shape index (κ2) is 12.7. The van der Waals surface area contributed by atoms with Crippen LogP contribution in [0.2, 0.25) is 0 Å². The van der Waals surface area contributed by atoms with Gasteiger partial charge in [0.25, 0.3) is 0 Å². The number of rotatable bonds is 6. The number of furan rings is 1. The van der Waals surface area contributed by atoms with E-state index in [1.54, 1.807) is 6.07 Å². The molecule has 0 unspecified atom stereocenters. The van der Waals surface area contributed by atoms with E-state index in [0.717, 1.165) is 91.3 Å². The maximum Gasteiger partial charge on any atom is 0.164 e. The summed E-state index contributed by atoms with van der Waals surface area (Å²) in [7, 11) is 0. The number of fused-ring (bicyclic) bond motifs is 3. The monoisotopic (exact) mass is 768 g/mol. The topological polar surface area (TPSA) is 75.6 Å².